The summed E-state index contributed by atoms with van der Waals surface area (Å²) >= 11 is 0. The zero-order valence-corrected chi connectivity index (χ0v) is 16.1. The molecule has 2 unspecified atom stereocenters. The van der Waals surface area contributed by atoms with Crippen LogP contribution in [0.5, 0.6) is 0 Å². The van der Waals surface area contributed by atoms with Gasteiger partial charge in [0.05, 0.1) is 0 Å². The first-order chi connectivity index (χ1) is 13.6. The average molecular weight is 384 g/mol. The molecule has 0 spiro atoms. The Bertz CT molecular complexity index is 680. The molecule has 2 amide bonds. The standard InChI is InChI=1S/C20H28N6O2/c1-3-18(27)22-15-9-5-7-13-25(15)17-11-12-21-20(24-17)26-14-8-6-10-16(26)23-19(28)4-2/h3-4,11-12,15-16H,1-2,5-10,13-14H2,(H,22,27)(H,23,28). The third-order valence-corrected chi connectivity index (χ3v) is 5.17. The van der Waals surface area contributed by atoms with Crippen LogP contribution in [0.1, 0.15) is 38.5 Å². The summed E-state index contributed by atoms with van der Waals surface area (Å²) in [5, 5.41) is 5.95. The van der Waals surface area contributed by atoms with Crippen LogP contribution in [0.3, 0.4) is 0 Å². The highest BCUT2D eigenvalue weighted by molar-refractivity contribution is 5.87. The van der Waals surface area contributed by atoms with Crippen LogP contribution in [-0.4, -0.2) is 47.2 Å². The van der Waals surface area contributed by atoms with Crippen LogP contribution in [0.2, 0.25) is 0 Å². The van der Waals surface area contributed by atoms with Gasteiger partial charge in [0.1, 0.15) is 18.1 Å². The maximum absolute atomic E-state index is 11.8. The third-order valence-electron chi connectivity index (χ3n) is 5.17. The quantitative estimate of drug-likeness (QED) is 0.726. The zero-order valence-electron chi connectivity index (χ0n) is 16.1. The highest BCUT2D eigenvalue weighted by Crippen LogP contribution is 2.25. The normalized spacial score (nSPS) is 22.3. The van der Waals surface area contributed by atoms with Gasteiger partial charge in [-0.25, -0.2) is 4.98 Å². The van der Waals surface area contributed by atoms with Gasteiger partial charge in [0.25, 0.3) is 0 Å². The van der Waals surface area contributed by atoms with Crippen molar-refractivity contribution in [3.05, 3.63) is 37.6 Å². The fourth-order valence-electron chi connectivity index (χ4n) is 3.76. The van der Waals surface area contributed by atoms with Crippen molar-refractivity contribution in [3.63, 3.8) is 0 Å². The SMILES string of the molecule is C=CC(=O)NC1CCCCN1c1ccnc(N2CCCCC2NC(=O)C=C)n1. The number of carbonyl (C=O) groups is 2. The van der Waals surface area contributed by atoms with Crippen molar-refractivity contribution >= 4 is 23.6 Å². The number of aromatic nitrogens is 2. The molecular weight excluding hydrogens is 356 g/mol. The molecule has 3 heterocycles. The van der Waals surface area contributed by atoms with E-state index in [2.05, 4.69) is 33.7 Å². The van der Waals surface area contributed by atoms with Crippen LogP contribution < -0.4 is 20.4 Å². The van der Waals surface area contributed by atoms with E-state index in [9.17, 15) is 9.59 Å². The van der Waals surface area contributed by atoms with Crippen molar-refractivity contribution in [2.75, 3.05) is 22.9 Å². The molecule has 0 radical (unpaired) electrons. The molecule has 2 N–H and O–H groups in total. The highest BCUT2D eigenvalue weighted by atomic mass is 16.2. The van der Waals surface area contributed by atoms with Gasteiger partial charge < -0.3 is 20.4 Å². The lowest BCUT2D eigenvalue weighted by atomic mass is 10.1. The van der Waals surface area contributed by atoms with E-state index in [0.29, 0.717) is 5.95 Å². The van der Waals surface area contributed by atoms with Crippen molar-refractivity contribution < 1.29 is 9.59 Å². The molecule has 1 aromatic heterocycles. The predicted octanol–water partition coefficient (Wildman–Crippen LogP) is 1.71. The minimum atomic E-state index is -0.198. The first-order valence-corrected chi connectivity index (χ1v) is 9.84. The van der Waals surface area contributed by atoms with Gasteiger partial charge in [0.2, 0.25) is 17.8 Å². The summed E-state index contributed by atoms with van der Waals surface area (Å²) in [6, 6.07) is 1.86. The summed E-state index contributed by atoms with van der Waals surface area (Å²) in [7, 11) is 0. The van der Waals surface area contributed by atoms with E-state index >= 15 is 0 Å². The molecule has 2 saturated heterocycles. The van der Waals surface area contributed by atoms with Crippen molar-refractivity contribution in [1.82, 2.24) is 20.6 Å². The Morgan fingerprint density at radius 2 is 1.54 bits per heavy atom. The number of hydrogen-bond acceptors (Lipinski definition) is 6. The van der Waals surface area contributed by atoms with Crippen LogP contribution in [-0.2, 0) is 9.59 Å². The summed E-state index contributed by atoms with van der Waals surface area (Å²) in [5.41, 5.74) is 0. The zero-order chi connectivity index (χ0) is 19.9. The summed E-state index contributed by atoms with van der Waals surface area (Å²) in [6.07, 6.45) is 9.92. The molecule has 28 heavy (non-hydrogen) atoms. The molecule has 2 fully saturated rings. The molecule has 0 saturated carbocycles. The van der Waals surface area contributed by atoms with E-state index in [4.69, 9.17) is 4.98 Å². The molecule has 2 atom stereocenters. The van der Waals surface area contributed by atoms with Gasteiger partial charge >= 0.3 is 0 Å². The number of hydrogen-bond donors (Lipinski definition) is 2. The second-order valence-corrected chi connectivity index (χ2v) is 7.05. The minimum absolute atomic E-state index is 0.111. The third kappa shape index (κ3) is 4.68. The summed E-state index contributed by atoms with van der Waals surface area (Å²) < 4.78 is 0. The Kier molecular flexibility index (Phi) is 6.62. The molecular formula is C20H28N6O2. The largest absolute Gasteiger partial charge is 0.336 e. The number of rotatable bonds is 6. The number of piperidine rings is 2. The molecule has 2 aliphatic heterocycles. The molecule has 2 aliphatic rings. The van der Waals surface area contributed by atoms with Gasteiger partial charge in [0.15, 0.2) is 0 Å². The van der Waals surface area contributed by atoms with E-state index in [1.165, 1.54) is 12.2 Å². The Morgan fingerprint density at radius 1 is 0.964 bits per heavy atom. The van der Waals surface area contributed by atoms with Gasteiger partial charge in [-0.05, 0) is 56.7 Å². The Hall–Kier alpha value is -2.90. The fraction of sp³-hybridized carbons (Fsp3) is 0.500. The monoisotopic (exact) mass is 384 g/mol. The number of carbonyl (C=O) groups excluding carboxylic acids is 2. The molecule has 3 rings (SSSR count). The van der Waals surface area contributed by atoms with Gasteiger partial charge in [-0.2, -0.15) is 4.98 Å². The topological polar surface area (TPSA) is 90.5 Å². The molecule has 0 bridgehead atoms. The van der Waals surface area contributed by atoms with Crippen LogP contribution in [0.4, 0.5) is 11.8 Å². The van der Waals surface area contributed by atoms with Crippen molar-refractivity contribution in [3.8, 4) is 0 Å². The predicted molar refractivity (Wildman–Crippen MR) is 109 cm³/mol. The van der Waals surface area contributed by atoms with Crippen molar-refractivity contribution in [1.29, 1.82) is 0 Å². The van der Waals surface area contributed by atoms with Crippen molar-refractivity contribution in [2.45, 2.75) is 50.9 Å². The molecule has 0 aliphatic carbocycles. The summed E-state index contributed by atoms with van der Waals surface area (Å²) in [4.78, 5) is 37.0. The maximum Gasteiger partial charge on any atom is 0.244 e. The molecule has 8 nitrogen and oxygen atoms in total. The first kappa shape index (κ1) is 19.9. The summed E-state index contributed by atoms with van der Waals surface area (Å²) in [5.74, 6) is 0.982. The lowest BCUT2D eigenvalue weighted by Gasteiger charge is -2.38. The smallest absolute Gasteiger partial charge is 0.244 e. The van der Waals surface area contributed by atoms with Gasteiger partial charge in [-0.3, -0.25) is 9.59 Å². The first-order valence-electron chi connectivity index (χ1n) is 9.84. The molecule has 150 valence electrons. The average Bonchev–Trinajstić information content (AvgIpc) is 2.74. The van der Waals surface area contributed by atoms with Crippen LogP contribution in [0.25, 0.3) is 0 Å². The Morgan fingerprint density at radius 3 is 2.14 bits per heavy atom. The highest BCUT2D eigenvalue weighted by Gasteiger charge is 2.28. The van der Waals surface area contributed by atoms with E-state index in [0.717, 1.165) is 57.4 Å². The number of anilines is 2. The van der Waals surface area contributed by atoms with E-state index in [-0.39, 0.29) is 24.1 Å². The van der Waals surface area contributed by atoms with Crippen LogP contribution in [0.15, 0.2) is 37.6 Å². The van der Waals surface area contributed by atoms with E-state index in [1.54, 1.807) is 6.20 Å². The molecule has 1 aromatic rings. The molecule has 8 heteroatoms. The van der Waals surface area contributed by atoms with Crippen molar-refractivity contribution in [2.24, 2.45) is 0 Å². The van der Waals surface area contributed by atoms with Gasteiger partial charge in [0, 0.05) is 19.3 Å². The maximum atomic E-state index is 11.8. The fourth-order valence-corrected chi connectivity index (χ4v) is 3.76. The molecule has 0 aromatic carbocycles. The van der Waals surface area contributed by atoms with E-state index < -0.39 is 0 Å². The second-order valence-electron chi connectivity index (χ2n) is 7.05. The number of nitrogens with zero attached hydrogens (tertiary/aromatic N) is 4. The number of amides is 2. The minimum Gasteiger partial charge on any atom is -0.336 e. The Balaban J connectivity index is 1.81. The lowest BCUT2D eigenvalue weighted by Crippen LogP contribution is -2.52. The van der Waals surface area contributed by atoms with E-state index in [1.807, 2.05) is 11.0 Å². The van der Waals surface area contributed by atoms with Crippen LogP contribution >= 0.6 is 0 Å². The van der Waals surface area contributed by atoms with Crippen LogP contribution in [0, 0.1) is 0 Å². The van der Waals surface area contributed by atoms with Gasteiger partial charge in [-0.1, -0.05) is 13.2 Å². The summed E-state index contributed by atoms with van der Waals surface area (Å²) in [6.45, 7) is 8.66. The Labute approximate surface area is 165 Å². The number of nitrogens with one attached hydrogen (secondary N) is 2. The second kappa shape index (κ2) is 9.34. The van der Waals surface area contributed by atoms with Gasteiger partial charge in [-0.15, -0.1) is 0 Å². The lowest BCUT2D eigenvalue weighted by molar-refractivity contribution is -0.118.